The van der Waals surface area contributed by atoms with Crippen molar-refractivity contribution in [3.05, 3.63) is 34.9 Å². The Morgan fingerprint density at radius 2 is 1.96 bits per heavy atom. The number of carbonyl (C=O) groups is 2. The molecule has 1 atom stereocenters. The highest BCUT2D eigenvalue weighted by atomic mass is 35.5. The molecule has 1 aromatic rings. The van der Waals surface area contributed by atoms with Crippen LogP contribution in [0.25, 0.3) is 0 Å². The number of amides is 2. The van der Waals surface area contributed by atoms with Gasteiger partial charge in [-0.25, -0.2) is 0 Å². The van der Waals surface area contributed by atoms with E-state index in [9.17, 15) is 9.59 Å². The number of hydrogen-bond acceptors (Lipinski definition) is 4. The van der Waals surface area contributed by atoms with E-state index in [0.29, 0.717) is 29.5 Å². The van der Waals surface area contributed by atoms with Gasteiger partial charge in [-0.05, 0) is 37.3 Å². The minimum Gasteiger partial charge on any atom is -0.352 e. The molecule has 3 rings (SSSR count). The molecule has 1 aliphatic heterocycles. The molecule has 5 nitrogen and oxygen atoms in total. The Bertz CT molecular complexity index is 702. The van der Waals surface area contributed by atoms with E-state index in [-0.39, 0.29) is 17.1 Å². The maximum Gasteiger partial charge on any atom is 0.252 e. The molecule has 2 N–H and O–H groups in total. The van der Waals surface area contributed by atoms with Crippen molar-refractivity contribution in [2.24, 2.45) is 10.9 Å². The van der Waals surface area contributed by atoms with Crippen molar-refractivity contribution < 1.29 is 9.59 Å². The van der Waals surface area contributed by atoms with Crippen LogP contribution in [0.15, 0.2) is 29.3 Å². The summed E-state index contributed by atoms with van der Waals surface area (Å²) in [4.78, 5) is 28.9. The van der Waals surface area contributed by atoms with Crippen molar-refractivity contribution in [3.8, 4) is 0 Å². The van der Waals surface area contributed by atoms with Gasteiger partial charge in [0.1, 0.15) is 0 Å². The van der Waals surface area contributed by atoms with Gasteiger partial charge in [0.05, 0.1) is 15.8 Å². The zero-order valence-corrected chi connectivity index (χ0v) is 17.0. The van der Waals surface area contributed by atoms with Crippen LogP contribution in [0, 0.1) is 5.92 Å². The molecule has 2 aliphatic rings. The van der Waals surface area contributed by atoms with E-state index in [0.717, 1.165) is 11.7 Å². The first-order valence-corrected chi connectivity index (χ1v) is 10.9. The highest BCUT2D eigenvalue weighted by Crippen LogP contribution is 2.25. The summed E-state index contributed by atoms with van der Waals surface area (Å²) in [5.41, 5.74) is 0.452. The molecule has 1 unspecified atom stereocenters. The smallest absolute Gasteiger partial charge is 0.252 e. The fourth-order valence-corrected chi connectivity index (χ4v) is 4.69. The van der Waals surface area contributed by atoms with Crippen LogP contribution in [0.1, 0.15) is 55.3 Å². The van der Waals surface area contributed by atoms with Gasteiger partial charge in [-0.3, -0.25) is 14.6 Å². The zero-order chi connectivity index (χ0) is 19.1. The van der Waals surface area contributed by atoms with E-state index in [2.05, 4.69) is 15.6 Å². The Labute approximate surface area is 169 Å². The maximum absolute atomic E-state index is 12.2. The van der Waals surface area contributed by atoms with Gasteiger partial charge in [-0.15, -0.1) is 0 Å². The Morgan fingerprint density at radius 3 is 2.70 bits per heavy atom. The number of nitrogens with one attached hydrogen (secondary N) is 2. The van der Waals surface area contributed by atoms with Gasteiger partial charge in [-0.1, -0.05) is 61.2 Å². The number of amidine groups is 1. The second-order valence-corrected chi connectivity index (χ2v) is 8.72. The molecule has 1 heterocycles. The Hall–Kier alpha value is -1.53. The molecule has 0 aromatic heterocycles. The average molecular weight is 408 g/mol. The Kier molecular flexibility index (Phi) is 7.59. The summed E-state index contributed by atoms with van der Waals surface area (Å²) >= 11 is 7.51. The molecule has 1 saturated carbocycles. The van der Waals surface area contributed by atoms with Gasteiger partial charge in [0.25, 0.3) is 5.91 Å². The van der Waals surface area contributed by atoms with Crippen LogP contribution in [0.4, 0.5) is 0 Å². The molecule has 1 aliphatic carbocycles. The molecule has 0 spiro atoms. The quantitative estimate of drug-likeness (QED) is 0.699. The second-order valence-electron chi connectivity index (χ2n) is 7.12. The van der Waals surface area contributed by atoms with Gasteiger partial charge < -0.3 is 10.6 Å². The molecule has 0 radical (unpaired) electrons. The summed E-state index contributed by atoms with van der Waals surface area (Å²) < 4.78 is 0. The van der Waals surface area contributed by atoms with E-state index in [1.165, 1.54) is 50.3 Å². The predicted octanol–water partition coefficient (Wildman–Crippen LogP) is 4.02. The standard InChI is InChI=1S/C20H26ClN3O2S/c21-16-10-6-5-9-15(16)18(25)22-12-11-17-19(26)24-20(27-17)23-13-14-7-3-1-2-4-8-14/h5-6,9-10,14,17H,1-4,7-8,11-13H2,(H,22,25)(H,23,24,26). The van der Waals surface area contributed by atoms with Crippen molar-refractivity contribution >= 4 is 40.3 Å². The van der Waals surface area contributed by atoms with Crippen molar-refractivity contribution in [2.75, 3.05) is 13.1 Å². The normalized spacial score (nSPS) is 22.5. The number of halogens is 1. The number of carbonyl (C=O) groups excluding carboxylic acids is 2. The van der Waals surface area contributed by atoms with Crippen molar-refractivity contribution in [1.29, 1.82) is 0 Å². The molecule has 27 heavy (non-hydrogen) atoms. The van der Waals surface area contributed by atoms with Crippen molar-refractivity contribution in [2.45, 2.75) is 50.2 Å². The first-order valence-electron chi connectivity index (χ1n) is 9.68. The summed E-state index contributed by atoms with van der Waals surface area (Å²) in [7, 11) is 0. The van der Waals surface area contributed by atoms with Crippen LogP contribution >= 0.6 is 23.4 Å². The van der Waals surface area contributed by atoms with Crippen LogP contribution in [0.5, 0.6) is 0 Å². The predicted molar refractivity (Wildman–Crippen MR) is 111 cm³/mol. The molecular weight excluding hydrogens is 382 g/mol. The molecule has 7 heteroatoms. The Morgan fingerprint density at radius 1 is 1.22 bits per heavy atom. The van der Waals surface area contributed by atoms with E-state index in [1.807, 2.05) is 0 Å². The minimum absolute atomic E-state index is 0.0217. The number of benzene rings is 1. The van der Waals surface area contributed by atoms with Crippen molar-refractivity contribution in [1.82, 2.24) is 10.6 Å². The fourth-order valence-electron chi connectivity index (χ4n) is 3.49. The minimum atomic E-state index is -0.216. The summed E-state index contributed by atoms with van der Waals surface area (Å²) in [6, 6.07) is 6.94. The van der Waals surface area contributed by atoms with Gasteiger partial charge in [0, 0.05) is 13.1 Å². The Balaban J connectivity index is 1.43. The van der Waals surface area contributed by atoms with E-state index in [1.54, 1.807) is 24.3 Å². The summed E-state index contributed by atoms with van der Waals surface area (Å²) in [5.74, 6) is 0.407. The highest BCUT2D eigenvalue weighted by molar-refractivity contribution is 8.15. The summed E-state index contributed by atoms with van der Waals surface area (Å²) in [6.07, 6.45) is 8.31. The average Bonchev–Trinajstić information content (AvgIpc) is 2.85. The lowest BCUT2D eigenvalue weighted by Crippen LogP contribution is -2.30. The largest absolute Gasteiger partial charge is 0.352 e. The third-order valence-corrected chi connectivity index (χ3v) is 6.57. The highest BCUT2D eigenvalue weighted by Gasteiger charge is 2.30. The van der Waals surface area contributed by atoms with E-state index < -0.39 is 0 Å². The molecule has 0 bridgehead atoms. The van der Waals surface area contributed by atoms with Crippen LogP contribution in [0.2, 0.25) is 5.02 Å². The van der Waals surface area contributed by atoms with Gasteiger partial charge >= 0.3 is 0 Å². The van der Waals surface area contributed by atoms with Crippen LogP contribution in [0.3, 0.4) is 0 Å². The van der Waals surface area contributed by atoms with Crippen LogP contribution in [-0.4, -0.2) is 35.3 Å². The number of aliphatic imine (C=N–C) groups is 1. The lowest BCUT2D eigenvalue weighted by molar-refractivity contribution is -0.118. The lowest BCUT2D eigenvalue weighted by atomic mass is 10.0. The third kappa shape index (κ3) is 5.98. The SMILES string of the molecule is O=C(NCCC1SC(=NCC2CCCCCC2)NC1=O)c1ccccc1Cl. The first-order chi connectivity index (χ1) is 13.1. The van der Waals surface area contributed by atoms with Gasteiger partial charge in [-0.2, -0.15) is 0 Å². The molecular formula is C20H26ClN3O2S. The zero-order valence-electron chi connectivity index (χ0n) is 15.4. The second kappa shape index (κ2) is 10.1. The van der Waals surface area contributed by atoms with Crippen LogP contribution in [-0.2, 0) is 4.79 Å². The van der Waals surface area contributed by atoms with Crippen molar-refractivity contribution in [3.63, 3.8) is 0 Å². The lowest BCUT2D eigenvalue weighted by Gasteiger charge is -2.10. The molecule has 2 fully saturated rings. The topological polar surface area (TPSA) is 70.6 Å². The van der Waals surface area contributed by atoms with Gasteiger partial charge in [0.2, 0.25) is 5.91 Å². The summed E-state index contributed by atoms with van der Waals surface area (Å²) in [6.45, 7) is 1.23. The molecule has 146 valence electrons. The first kappa shape index (κ1) is 20.2. The molecule has 2 amide bonds. The monoisotopic (exact) mass is 407 g/mol. The van der Waals surface area contributed by atoms with Crippen LogP contribution < -0.4 is 10.6 Å². The number of rotatable bonds is 6. The van der Waals surface area contributed by atoms with E-state index >= 15 is 0 Å². The molecule has 1 saturated heterocycles. The summed E-state index contributed by atoms with van der Waals surface area (Å²) in [5, 5.41) is 6.67. The maximum atomic E-state index is 12.2. The molecule has 1 aromatic carbocycles. The fraction of sp³-hybridized carbons (Fsp3) is 0.550. The van der Waals surface area contributed by atoms with Gasteiger partial charge in [0.15, 0.2) is 5.17 Å². The van der Waals surface area contributed by atoms with E-state index in [4.69, 9.17) is 11.6 Å². The number of nitrogens with zero attached hydrogens (tertiary/aromatic N) is 1. The third-order valence-electron chi connectivity index (χ3n) is 5.05. The number of thioether (sulfide) groups is 1. The number of hydrogen-bond donors (Lipinski definition) is 2.